The van der Waals surface area contributed by atoms with Crippen molar-refractivity contribution in [2.24, 2.45) is 0 Å². The van der Waals surface area contributed by atoms with Crippen molar-refractivity contribution in [1.82, 2.24) is 9.88 Å². The van der Waals surface area contributed by atoms with Crippen molar-refractivity contribution in [3.05, 3.63) is 63.6 Å². The number of oxazole rings is 1. The van der Waals surface area contributed by atoms with Gasteiger partial charge >= 0.3 is 0 Å². The van der Waals surface area contributed by atoms with Gasteiger partial charge < -0.3 is 4.42 Å². The number of nitrogens with zero attached hydrogens (tertiary/aromatic N) is 2. The Morgan fingerprint density at radius 1 is 1.26 bits per heavy atom. The van der Waals surface area contributed by atoms with Crippen LogP contribution in [0.2, 0.25) is 5.02 Å². The molecular weight excluding hydrogens is 328 g/mol. The molecule has 0 radical (unpaired) electrons. The van der Waals surface area contributed by atoms with Crippen molar-refractivity contribution in [2.45, 2.75) is 25.4 Å². The first-order valence-corrected chi connectivity index (χ1v) is 9.03. The number of rotatable bonds is 4. The summed E-state index contributed by atoms with van der Waals surface area (Å²) in [7, 11) is 0. The topological polar surface area (TPSA) is 29.3 Å². The summed E-state index contributed by atoms with van der Waals surface area (Å²) in [6.07, 6.45) is 4.24. The first kappa shape index (κ1) is 14.9. The van der Waals surface area contributed by atoms with Crippen LogP contribution in [0.4, 0.5) is 0 Å². The van der Waals surface area contributed by atoms with E-state index in [1.54, 1.807) is 6.26 Å². The van der Waals surface area contributed by atoms with Crippen LogP contribution < -0.4 is 0 Å². The highest BCUT2D eigenvalue weighted by atomic mass is 35.5. The van der Waals surface area contributed by atoms with Gasteiger partial charge in [0.15, 0.2) is 0 Å². The van der Waals surface area contributed by atoms with Gasteiger partial charge in [-0.05, 0) is 55.1 Å². The predicted molar refractivity (Wildman–Crippen MR) is 93.7 cm³/mol. The van der Waals surface area contributed by atoms with Gasteiger partial charge in [-0.3, -0.25) is 4.90 Å². The molecule has 1 atom stereocenters. The zero-order chi connectivity index (χ0) is 15.6. The Bertz CT molecular complexity index is 767. The van der Waals surface area contributed by atoms with E-state index in [0.717, 1.165) is 29.4 Å². The summed E-state index contributed by atoms with van der Waals surface area (Å²) in [6, 6.07) is 12.5. The fraction of sp³-hybridized carbons (Fsp3) is 0.278. The highest BCUT2D eigenvalue weighted by Crippen LogP contribution is 2.35. The lowest BCUT2D eigenvalue weighted by Gasteiger charge is -2.22. The first-order valence-electron chi connectivity index (χ1n) is 7.77. The largest absolute Gasteiger partial charge is 0.444 e. The van der Waals surface area contributed by atoms with Gasteiger partial charge in [0.1, 0.15) is 6.26 Å². The highest BCUT2D eigenvalue weighted by molar-refractivity contribution is 7.10. The average Bonchev–Trinajstić information content (AvgIpc) is 3.29. The second-order valence-electron chi connectivity index (χ2n) is 5.79. The maximum absolute atomic E-state index is 5.93. The summed E-state index contributed by atoms with van der Waals surface area (Å²) in [5.74, 6) is 0.656. The number of hydrogen-bond acceptors (Lipinski definition) is 4. The number of hydrogen-bond donors (Lipinski definition) is 0. The van der Waals surface area contributed by atoms with E-state index < -0.39 is 0 Å². The third kappa shape index (κ3) is 3.20. The Labute approximate surface area is 144 Å². The fourth-order valence-corrected chi connectivity index (χ4v) is 4.15. The number of thiophene rings is 1. The lowest BCUT2D eigenvalue weighted by atomic mass is 10.2. The Kier molecular flexibility index (Phi) is 4.21. The lowest BCUT2D eigenvalue weighted by Crippen LogP contribution is -2.22. The summed E-state index contributed by atoms with van der Waals surface area (Å²) in [4.78, 5) is 8.58. The van der Waals surface area contributed by atoms with Crippen LogP contribution in [0.5, 0.6) is 0 Å². The molecule has 23 heavy (non-hydrogen) atoms. The molecule has 0 amide bonds. The molecule has 2 aromatic heterocycles. The molecule has 3 nitrogen and oxygen atoms in total. The van der Waals surface area contributed by atoms with Crippen molar-refractivity contribution in [1.29, 1.82) is 0 Å². The van der Waals surface area contributed by atoms with Crippen LogP contribution in [0.15, 0.2) is 52.5 Å². The minimum atomic E-state index is 0.519. The fourth-order valence-electron chi connectivity index (χ4n) is 3.13. The van der Waals surface area contributed by atoms with E-state index in [0.29, 0.717) is 11.9 Å². The third-order valence-electron chi connectivity index (χ3n) is 4.24. The van der Waals surface area contributed by atoms with Crippen molar-refractivity contribution < 1.29 is 4.42 Å². The van der Waals surface area contributed by atoms with Crippen molar-refractivity contribution >= 4 is 22.9 Å². The Morgan fingerprint density at radius 3 is 2.91 bits per heavy atom. The summed E-state index contributed by atoms with van der Waals surface area (Å²) in [5.41, 5.74) is 1.94. The molecular formula is C18H17ClN2OS. The molecule has 1 aliphatic rings. The maximum atomic E-state index is 5.93. The van der Waals surface area contributed by atoms with Gasteiger partial charge in [-0.2, -0.15) is 0 Å². The molecule has 5 heteroatoms. The van der Waals surface area contributed by atoms with Gasteiger partial charge in [-0.1, -0.05) is 17.7 Å². The van der Waals surface area contributed by atoms with Crippen LogP contribution in [0.3, 0.4) is 0 Å². The smallest absolute Gasteiger partial charge is 0.226 e. The maximum Gasteiger partial charge on any atom is 0.226 e. The molecule has 4 rings (SSSR count). The van der Waals surface area contributed by atoms with E-state index in [1.807, 2.05) is 35.6 Å². The zero-order valence-electron chi connectivity index (χ0n) is 12.6. The van der Waals surface area contributed by atoms with Gasteiger partial charge in [0.2, 0.25) is 5.89 Å². The molecule has 1 fully saturated rings. The summed E-state index contributed by atoms with van der Waals surface area (Å²) >= 11 is 7.77. The minimum absolute atomic E-state index is 0.519. The average molecular weight is 345 g/mol. The lowest BCUT2D eigenvalue weighted by molar-refractivity contribution is 0.248. The Morgan fingerprint density at radius 2 is 2.13 bits per heavy atom. The monoisotopic (exact) mass is 344 g/mol. The van der Waals surface area contributed by atoms with Gasteiger partial charge in [0.05, 0.1) is 5.69 Å². The van der Waals surface area contributed by atoms with Crippen LogP contribution in [0.1, 0.15) is 29.5 Å². The van der Waals surface area contributed by atoms with E-state index >= 15 is 0 Å². The van der Waals surface area contributed by atoms with E-state index in [1.165, 1.54) is 17.7 Å². The standard InChI is InChI=1S/C18H17ClN2OS/c19-14-7-5-13(6-8-14)18-20-15(12-22-18)11-21-9-1-3-16(21)17-4-2-10-23-17/h2,4-8,10,12,16H,1,3,9,11H2/t16-/m0/s1. The molecule has 1 saturated heterocycles. The minimum Gasteiger partial charge on any atom is -0.444 e. The van der Waals surface area contributed by atoms with E-state index in [2.05, 4.69) is 27.4 Å². The second-order valence-corrected chi connectivity index (χ2v) is 7.21. The van der Waals surface area contributed by atoms with E-state index in [-0.39, 0.29) is 0 Å². The molecule has 1 aliphatic heterocycles. The molecule has 1 aromatic carbocycles. The van der Waals surface area contributed by atoms with E-state index in [4.69, 9.17) is 16.0 Å². The van der Waals surface area contributed by atoms with Crippen molar-refractivity contribution in [3.8, 4) is 11.5 Å². The molecule has 3 aromatic rings. The predicted octanol–water partition coefficient (Wildman–Crippen LogP) is 5.39. The molecule has 0 bridgehead atoms. The van der Waals surface area contributed by atoms with E-state index in [9.17, 15) is 0 Å². The van der Waals surface area contributed by atoms with Crippen LogP contribution in [0, 0.1) is 0 Å². The molecule has 0 aliphatic carbocycles. The van der Waals surface area contributed by atoms with Gasteiger partial charge in [0.25, 0.3) is 0 Å². The SMILES string of the molecule is Clc1ccc(-c2nc(CN3CCC[C@H]3c3cccs3)co2)cc1. The molecule has 0 spiro atoms. The third-order valence-corrected chi connectivity index (χ3v) is 5.47. The van der Waals surface area contributed by atoms with Crippen LogP contribution in [-0.2, 0) is 6.54 Å². The molecule has 3 heterocycles. The Hall–Kier alpha value is -1.62. The normalized spacial score (nSPS) is 18.6. The first-order chi connectivity index (χ1) is 11.3. The molecule has 118 valence electrons. The quantitative estimate of drug-likeness (QED) is 0.635. The number of benzene rings is 1. The van der Waals surface area contributed by atoms with Crippen LogP contribution in [0.25, 0.3) is 11.5 Å². The Balaban J connectivity index is 1.50. The number of likely N-dealkylation sites (tertiary alicyclic amines) is 1. The summed E-state index contributed by atoms with van der Waals surface area (Å²) in [5, 5.41) is 2.87. The van der Waals surface area contributed by atoms with Gasteiger partial charge in [0, 0.05) is 28.0 Å². The van der Waals surface area contributed by atoms with Crippen LogP contribution in [-0.4, -0.2) is 16.4 Å². The molecule has 0 saturated carbocycles. The summed E-state index contributed by atoms with van der Waals surface area (Å²) < 4.78 is 5.65. The van der Waals surface area contributed by atoms with Gasteiger partial charge in [-0.15, -0.1) is 11.3 Å². The number of aromatic nitrogens is 1. The molecule has 0 N–H and O–H groups in total. The second kappa shape index (κ2) is 6.48. The number of halogens is 1. The zero-order valence-corrected chi connectivity index (χ0v) is 14.2. The molecule has 0 unspecified atom stereocenters. The highest BCUT2D eigenvalue weighted by Gasteiger charge is 2.27. The van der Waals surface area contributed by atoms with Crippen molar-refractivity contribution in [2.75, 3.05) is 6.54 Å². The summed E-state index contributed by atoms with van der Waals surface area (Å²) in [6.45, 7) is 1.95. The van der Waals surface area contributed by atoms with Crippen molar-refractivity contribution in [3.63, 3.8) is 0 Å². The van der Waals surface area contributed by atoms with Gasteiger partial charge in [-0.25, -0.2) is 4.98 Å². The van der Waals surface area contributed by atoms with Crippen LogP contribution >= 0.6 is 22.9 Å².